The van der Waals surface area contributed by atoms with Crippen LogP contribution in [0.4, 0.5) is 0 Å². The zero-order valence-corrected chi connectivity index (χ0v) is 15.8. The van der Waals surface area contributed by atoms with Crippen molar-refractivity contribution in [1.29, 1.82) is 0 Å². The molecule has 0 aromatic heterocycles. The van der Waals surface area contributed by atoms with E-state index < -0.39 is 24.1 Å². The Labute approximate surface area is 152 Å². The standard InChI is InChI=1S/2C3H6O3.2H3N.Na.2Ti/c2*1-2(4)3(5)6;;;;;/h2*2,4H,1H3,(H,5,6);2*1H3;;;/q;;;;+1;2*+2. The molecule has 17 heavy (non-hydrogen) atoms. The van der Waals surface area contributed by atoms with Crippen molar-refractivity contribution in [1.82, 2.24) is 12.3 Å². The third-order valence-corrected chi connectivity index (χ3v) is 0.682. The normalized spacial score (nSPS) is 9.65. The number of carboxylic acid groups (broad SMARTS) is 2. The quantitative estimate of drug-likeness (QED) is 0.363. The van der Waals surface area contributed by atoms with E-state index in [-0.39, 0.29) is 85.3 Å². The summed E-state index contributed by atoms with van der Waals surface area (Å²) in [5, 5.41) is 34.6. The molecule has 0 radical (unpaired) electrons. The molecule has 10 N–H and O–H groups in total. The van der Waals surface area contributed by atoms with E-state index in [1.807, 2.05) is 0 Å². The molecule has 0 aliphatic rings. The molecule has 2 atom stereocenters. The van der Waals surface area contributed by atoms with E-state index in [2.05, 4.69) is 0 Å². The van der Waals surface area contributed by atoms with Gasteiger partial charge in [-0.15, -0.1) is 0 Å². The monoisotopic (exact) mass is 333 g/mol. The van der Waals surface area contributed by atoms with Crippen molar-refractivity contribution in [3.05, 3.63) is 0 Å². The summed E-state index contributed by atoms with van der Waals surface area (Å²) in [5.74, 6) is -2.87. The van der Waals surface area contributed by atoms with Gasteiger partial charge >= 0.3 is 73.0 Å². The second kappa shape index (κ2) is 25.9. The van der Waals surface area contributed by atoms with Crippen LogP contribution in [-0.4, -0.2) is 34.4 Å². The predicted octanol–water partition coefficient (Wildman–Crippen LogP) is -6.01. The molecule has 11 heteroatoms. The van der Waals surface area contributed by atoms with E-state index in [9.17, 15) is 19.8 Å². The summed E-state index contributed by atoms with van der Waals surface area (Å²) in [4.78, 5) is 18.7. The number of aliphatic hydroxyl groups is 2. The molecular formula is C6H18N2NaO6Ti2+5. The number of rotatable bonds is 2. The third-order valence-electron chi connectivity index (χ3n) is 0.682. The van der Waals surface area contributed by atoms with Crippen molar-refractivity contribution in [2.24, 2.45) is 0 Å². The van der Waals surface area contributed by atoms with Gasteiger partial charge < -0.3 is 42.3 Å². The Kier molecular flexibility index (Phi) is 65.4. The number of quaternary nitrogens is 2. The van der Waals surface area contributed by atoms with Gasteiger partial charge in [0.05, 0.1) is 24.1 Å². The molecule has 0 spiro atoms. The number of aliphatic hydroxyl groups excluding tert-OH is 2. The molecule has 0 fully saturated rings. The third kappa shape index (κ3) is 46.9. The first-order chi connectivity index (χ1) is 5.29. The van der Waals surface area contributed by atoms with Gasteiger partial charge in [-0.25, -0.2) is 0 Å². The van der Waals surface area contributed by atoms with Crippen LogP contribution in [0.1, 0.15) is 13.8 Å². The summed E-state index contributed by atoms with van der Waals surface area (Å²) in [6.45, 7) is 2.27. The average Bonchev–Trinajstić information content (AvgIpc) is 1.88. The minimum Gasteiger partial charge on any atom is -0.547 e. The summed E-state index contributed by atoms with van der Waals surface area (Å²) in [6, 6.07) is 0. The summed E-state index contributed by atoms with van der Waals surface area (Å²) < 4.78 is 0. The van der Waals surface area contributed by atoms with Gasteiger partial charge in [-0.05, 0) is 13.8 Å². The number of hydrogen-bond donors (Lipinski definition) is 4. The molecule has 0 aromatic carbocycles. The van der Waals surface area contributed by atoms with Crippen molar-refractivity contribution < 1.29 is 103 Å². The number of carboxylic acids is 2. The fourth-order valence-corrected chi connectivity index (χ4v) is 0. The van der Waals surface area contributed by atoms with E-state index in [1.54, 1.807) is 0 Å². The fraction of sp³-hybridized carbons (Fsp3) is 0.667. The molecule has 0 saturated carbocycles. The second-order valence-electron chi connectivity index (χ2n) is 1.99. The van der Waals surface area contributed by atoms with Gasteiger partial charge in [-0.3, -0.25) is 0 Å². The van der Waals surface area contributed by atoms with Crippen molar-refractivity contribution in [3.63, 3.8) is 0 Å². The molecule has 2 unspecified atom stereocenters. The van der Waals surface area contributed by atoms with Crippen LogP contribution in [0, 0.1) is 0 Å². The Morgan fingerprint density at radius 1 is 0.882 bits per heavy atom. The molecular weight excluding hydrogens is 315 g/mol. The second-order valence-corrected chi connectivity index (χ2v) is 1.99. The van der Waals surface area contributed by atoms with Crippen LogP contribution in [0.2, 0.25) is 0 Å². The zero-order chi connectivity index (χ0) is 10.3. The van der Waals surface area contributed by atoms with Gasteiger partial charge in [0.1, 0.15) is 0 Å². The van der Waals surface area contributed by atoms with Crippen LogP contribution in [0.3, 0.4) is 0 Å². The van der Waals surface area contributed by atoms with E-state index in [0.29, 0.717) is 0 Å². The Balaban J connectivity index is -0.0000000182. The molecule has 0 aliphatic heterocycles. The molecule has 92 valence electrons. The number of hydrogen-bond acceptors (Lipinski definition) is 6. The van der Waals surface area contributed by atoms with E-state index >= 15 is 0 Å². The van der Waals surface area contributed by atoms with Gasteiger partial charge in [-0.1, -0.05) is 0 Å². The average molecular weight is 333 g/mol. The number of carbonyl (C=O) groups excluding carboxylic acids is 2. The van der Waals surface area contributed by atoms with Crippen LogP contribution in [0.25, 0.3) is 0 Å². The van der Waals surface area contributed by atoms with Crippen LogP contribution in [0.15, 0.2) is 0 Å². The predicted molar refractivity (Wildman–Crippen MR) is 45.3 cm³/mol. The fourth-order valence-electron chi connectivity index (χ4n) is 0. The SMILES string of the molecule is CC(O)C(=O)[O-].CC(O)C(=O)[O-].[NH4+].[NH4+].[Na+].[Ti+2].[Ti+2]. The van der Waals surface area contributed by atoms with Gasteiger partial charge in [0.15, 0.2) is 0 Å². The van der Waals surface area contributed by atoms with Crippen molar-refractivity contribution >= 4 is 11.9 Å². The minimum atomic E-state index is -1.44. The van der Waals surface area contributed by atoms with E-state index in [1.165, 1.54) is 0 Å². The van der Waals surface area contributed by atoms with Gasteiger partial charge in [0, 0.05) is 0 Å². The van der Waals surface area contributed by atoms with Gasteiger partial charge in [0.2, 0.25) is 0 Å². The van der Waals surface area contributed by atoms with E-state index in [0.717, 1.165) is 13.8 Å². The Bertz CT molecular complexity index is 155. The molecule has 0 saturated heterocycles. The van der Waals surface area contributed by atoms with Crippen molar-refractivity contribution in [3.8, 4) is 0 Å². The summed E-state index contributed by atoms with van der Waals surface area (Å²) in [5.41, 5.74) is 0. The molecule has 0 bridgehead atoms. The minimum absolute atomic E-state index is 0. The number of aliphatic carboxylic acids is 2. The molecule has 0 amide bonds. The first kappa shape index (κ1) is 42.9. The Morgan fingerprint density at radius 2 is 0.941 bits per heavy atom. The Morgan fingerprint density at radius 3 is 0.941 bits per heavy atom. The molecule has 8 nitrogen and oxygen atoms in total. The maximum atomic E-state index is 9.34. The molecule has 0 heterocycles. The van der Waals surface area contributed by atoms with Crippen LogP contribution < -0.4 is 52.1 Å². The summed E-state index contributed by atoms with van der Waals surface area (Å²) in [7, 11) is 0. The number of carbonyl (C=O) groups is 2. The van der Waals surface area contributed by atoms with E-state index in [4.69, 9.17) is 10.2 Å². The summed E-state index contributed by atoms with van der Waals surface area (Å²) >= 11 is 0. The van der Waals surface area contributed by atoms with Gasteiger partial charge in [-0.2, -0.15) is 0 Å². The maximum absolute atomic E-state index is 9.34. The first-order valence-electron chi connectivity index (χ1n) is 3.06. The molecule has 0 aromatic rings. The smallest absolute Gasteiger partial charge is 0.547 e. The van der Waals surface area contributed by atoms with Crippen LogP contribution in [-0.2, 0) is 53.0 Å². The molecule has 0 aliphatic carbocycles. The summed E-state index contributed by atoms with van der Waals surface area (Å²) in [6.07, 6.45) is -2.69. The van der Waals surface area contributed by atoms with Gasteiger partial charge in [0.25, 0.3) is 0 Å². The zero-order valence-electron chi connectivity index (χ0n) is 10.7. The topological polar surface area (TPSA) is 194 Å². The largest absolute Gasteiger partial charge is 2.00 e. The van der Waals surface area contributed by atoms with Crippen LogP contribution >= 0.6 is 0 Å². The van der Waals surface area contributed by atoms with Crippen molar-refractivity contribution in [2.75, 3.05) is 0 Å². The van der Waals surface area contributed by atoms with Crippen molar-refractivity contribution in [2.45, 2.75) is 26.1 Å². The molecule has 0 rings (SSSR count). The first-order valence-corrected chi connectivity index (χ1v) is 3.06. The van der Waals surface area contributed by atoms with Crippen LogP contribution in [0.5, 0.6) is 0 Å². The maximum Gasteiger partial charge on any atom is 2.00 e. The Hall–Kier alpha value is 1.21.